The molecule has 0 aromatic rings. The normalized spacial score (nSPS) is 11.9. The SMILES string of the molecule is OCCOCCOCCOCCOCCOCCOCCOCCOCCOCCOCCOCCOCCOCCOCCOCCOCCOCCOCCOCCOCCOCCOCCOCCOCCOCCOCCOCCOCCOCCOCCOCCOCCOCCOCCOCCOCCOCCOCCOCCOCCOCCOCCOCCO. The molecule has 2 N–H and O–H groups in total. The summed E-state index contributed by atoms with van der Waals surface area (Å²) in [5, 5.41) is 17.3. The van der Waals surface area contributed by atoms with E-state index in [1.165, 1.54) is 0 Å². The highest BCUT2D eigenvalue weighted by molar-refractivity contribution is 4.48. The molecule has 0 heterocycles. The number of hydrogen-bond acceptors (Lipinski definition) is 45. The number of aliphatic hydroxyl groups is 2. The van der Waals surface area contributed by atoms with Crippen LogP contribution in [0.1, 0.15) is 0 Å². The average Bonchev–Trinajstić information content (AvgIpc) is 1.11. The molecule has 0 bridgehead atoms. The van der Waals surface area contributed by atoms with Gasteiger partial charge in [-0.25, -0.2) is 0 Å². The zero-order chi connectivity index (χ0) is 94.6. The van der Waals surface area contributed by atoms with Gasteiger partial charge in [-0.05, 0) is 0 Å². The molecule has 133 heavy (non-hydrogen) atoms. The van der Waals surface area contributed by atoms with E-state index in [0.29, 0.717) is 568 Å². The lowest BCUT2D eigenvalue weighted by Crippen LogP contribution is -2.16. The van der Waals surface area contributed by atoms with E-state index in [1.807, 2.05) is 0 Å². The van der Waals surface area contributed by atoms with E-state index in [-0.39, 0.29) is 13.2 Å². The minimum atomic E-state index is 0.0143. The van der Waals surface area contributed by atoms with E-state index >= 15 is 0 Å². The lowest BCUT2D eigenvalue weighted by Gasteiger charge is -2.09. The average molecular weight is 1960 g/mol. The van der Waals surface area contributed by atoms with Gasteiger partial charge in [-0.1, -0.05) is 0 Å². The van der Waals surface area contributed by atoms with Gasteiger partial charge in [-0.2, -0.15) is 0 Å². The Morgan fingerprint density at radius 2 is 0.0827 bits per heavy atom. The maximum atomic E-state index is 8.63. The molecule has 0 aliphatic carbocycles. The van der Waals surface area contributed by atoms with E-state index in [0.717, 1.165) is 0 Å². The van der Waals surface area contributed by atoms with E-state index < -0.39 is 0 Å². The van der Waals surface area contributed by atoms with Gasteiger partial charge < -0.3 is 214 Å². The molecule has 0 aromatic heterocycles. The van der Waals surface area contributed by atoms with Gasteiger partial charge >= 0.3 is 0 Å². The van der Waals surface area contributed by atoms with Crippen LogP contribution in [-0.4, -0.2) is 592 Å². The standard InChI is InChI=1S/C88H178O45/c89-1-3-91-5-7-93-9-11-95-13-15-97-17-19-99-21-23-101-25-27-103-29-31-105-33-35-107-37-39-109-41-43-111-45-47-113-49-51-115-53-55-117-57-59-119-61-63-121-65-67-123-69-71-125-73-75-127-77-79-129-81-83-131-85-87-133-88-86-132-84-82-130-80-78-128-76-74-126-72-70-124-68-66-122-64-62-120-60-58-118-56-54-116-52-50-114-48-46-112-44-42-110-40-38-108-36-34-106-32-30-104-28-26-102-24-22-100-20-18-98-16-14-96-12-10-94-8-6-92-4-2-90/h89-90H,1-88H2. The van der Waals surface area contributed by atoms with Crippen molar-refractivity contribution in [1.82, 2.24) is 0 Å². The Morgan fingerprint density at radius 3 is 0.113 bits per heavy atom. The fourth-order valence-corrected chi connectivity index (χ4v) is 9.47. The Balaban J connectivity index is 3.10. The molecule has 0 atom stereocenters. The van der Waals surface area contributed by atoms with Crippen LogP contribution in [-0.2, 0) is 204 Å². The number of hydrogen-bond donors (Lipinski definition) is 2. The Morgan fingerprint density at radius 1 is 0.0526 bits per heavy atom. The predicted octanol–water partition coefficient (Wildman–Crippen LogP) is -0.315. The topological polar surface area (TPSA) is 437 Å². The molecule has 0 unspecified atom stereocenters. The highest BCUT2D eigenvalue weighted by Gasteiger charge is 2.06. The van der Waals surface area contributed by atoms with Crippen molar-refractivity contribution in [2.24, 2.45) is 0 Å². The molecule has 0 saturated carbocycles. The van der Waals surface area contributed by atoms with E-state index in [2.05, 4.69) is 0 Å². The molecule has 0 radical (unpaired) electrons. The lowest BCUT2D eigenvalue weighted by atomic mass is 10.6. The molecule has 800 valence electrons. The van der Waals surface area contributed by atoms with Crippen LogP contribution < -0.4 is 0 Å². The predicted molar refractivity (Wildman–Crippen MR) is 479 cm³/mol. The van der Waals surface area contributed by atoms with Gasteiger partial charge in [-0.3, -0.25) is 0 Å². The highest BCUT2D eigenvalue weighted by atomic mass is 16.7. The Hall–Kier alpha value is -1.80. The summed E-state index contributed by atoms with van der Waals surface area (Å²) in [7, 11) is 0. The van der Waals surface area contributed by atoms with Gasteiger partial charge in [0, 0.05) is 0 Å². The summed E-state index contributed by atoms with van der Waals surface area (Å²) in [4.78, 5) is 0. The molecule has 45 heteroatoms. The maximum absolute atomic E-state index is 8.63. The van der Waals surface area contributed by atoms with Crippen LogP contribution in [0.15, 0.2) is 0 Å². The quantitative estimate of drug-likeness (QED) is 0.0737. The van der Waals surface area contributed by atoms with E-state index in [4.69, 9.17) is 214 Å². The Bertz CT molecular complexity index is 1700. The fraction of sp³-hybridized carbons (Fsp3) is 1.00. The first-order valence-electron chi connectivity index (χ1n) is 47.5. The van der Waals surface area contributed by atoms with Crippen LogP contribution in [0.5, 0.6) is 0 Å². The Kier molecular flexibility index (Phi) is 128. The maximum Gasteiger partial charge on any atom is 0.0701 e. The van der Waals surface area contributed by atoms with Crippen LogP contribution in [0.2, 0.25) is 0 Å². The van der Waals surface area contributed by atoms with Crippen molar-refractivity contribution in [3.8, 4) is 0 Å². The molecule has 0 aliphatic heterocycles. The number of aliphatic hydroxyl groups excluding tert-OH is 2. The summed E-state index contributed by atoms with van der Waals surface area (Å²) in [6, 6.07) is 0. The number of rotatable bonds is 130. The summed E-state index contributed by atoms with van der Waals surface area (Å²) < 4.78 is 236. The minimum Gasteiger partial charge on any atom is -0.394 e. The van der Waals surface area contributed by atoms with E-state index in [9.17, 15) is 0 Å². The van der Waals surface area contributed by atoms with Gasteiger partial charge in [0.2, 0.25) is 0 Å². The second-order valence-electron chi connectivity index (χ2n) is 26.8. The van der Waals surface area contributed by atoms with E-state index in [1.54, 1.807) is 0 Å². The van der Waals surface area contributed by atoms with Crippen molar-refractivity contribution in [2.45, 2.75) is 0 Å². The molecule has 0 amide bonds. The van der Waals surface area contributed by atoms with Crippen LogP contribution in [0.4, 0.5) is 0 Å². The molecule has 45 nitrogen and oxygen atoms in total. The van der Waals surface area contributed by atoms with Crippen molar-refractivity contribution in [2.75, 3.05) is 581 Å². The van der Waals surface area contributed by atoms with Crippen molar-refractivity contribution in [1.29, 1.82) is 0 Å². The summed E-state index contributed by atoms with van der Waals surface area (Å²) >= 11 is 0. The second-order valence-corrected chi connectivity index (χ2v) is 26.8. The van der Waals surface area contributed by atoms with Crippen LogP contribution in [0.3, 0.4) is 0 Å². The first-order chi connectivity index (χ1) is 66.4. The molecule has 0 saturated heterocycles. The Labute approximate surface area is 792 Å². The smallest absolute Gasteiger partial charge is 0.0701 e. The molecular formula is C88H178O45. The first kappa shape index (κ1) is 131. The highest BCUT2D eigenvalue weighted by Crippen LogP contribution is 1.97. The van der Waals surface area contributed by atoms with Crippen molar-refractivity contribution in [3.05, 3.63) is 0 Å². The largest absolute Gasteiger partial charge is 0.394 e. The van der Waals surface area contributed by atoms with Crippen LogP contribution >= 0.6 is 0 Å². The first-order valence-corrected chi connectivity index (χ1v) is 47.5. The van der Waals surface area contributed by atoms with Crippen molar-refractivity contribution in [3.63, 3.8) is 0 Å². The fourth-order valence-electron chi connectivity index (χ4n) is 9.47. The lowest BCUT2D eigenvalue weighted by molar-refractivity contribution is -0.0329. The van der Waals surface area contributed by atoms with Gasteiger partial charge in [0.1, 0.15) is 0 Å². The van der Waals surface area contributed by atoms with Crippen molar-refractivity contribution >= 4 is 0 Å². The number of ether oxygens (including phenoxy) is 43. The molecule has 0 fully saturated rings. The van der Waals surface area contributed by atoms with Gasteiger partial charge in [0.25, 0.3) is 0 Å². The zero-order valence-electron chi connectivity index (χ0n) is 80.7. The summed E-state index contributed by atoms with van der Waals surface area (Å²) in [6.07, 6.45) is 0. The van der Waals surface area contributed by atoms with Gasteiger partial charge in [0.15, 0.2) is 0 Å². The van der Waals surface area contributed by atoms with Crippen molar-refractivity contribution < 1.29 is 214 Å². The van der Waals surface area contributed by atoms with Gasteiger partial charge in [0.05, 0.1) is 581 Å². The molecule has 0 rings (SSSR count). The summed E-state index contributed by atoms with van der Waals surface area (Å²) in [5.74, 6) is 0. The second kappa shape index (κ2) is 130. The van der Waals surface area contributed by atoms with Gasteiger partial charge in [-0.15, -0.1) is 0 Å². The monoisotopic (exact) mass is 1960 g/mol. The molecule has 0 spiro atoms. The third-order valence-electron chi connectivity index (χ3n) is 16.1. The summed E-state index contributed by atoms with van der Waals surface area (Å²) in [5.41, 5.74) is 0. The summed E-state index contributed by atoms with van der Waals surface area (Å²) in [6.45, 7) is 40.8. The zero-order valence-corrected chi connectivity index (χ0v) is 80.7. The molecular weight excluding hydrogens is 1780 g/mol. The molecule has 0 aliphatic rings. The third kappa shape index (κ3) is 130. The van der Waals surface area contributed by atoms with Crippen LogP contribution in [0.25, 0.3) is 0 Å². The third-order valence-corrected chi connectivity index (χ3v) is 16.1. The minimum absolute atomic E-state index is 0.0143. The van der Waals surface area contributed by atoms with Crippen LogP contribution in [0, 0.1) is 0 Å². The molecule has 0 aromatic carbocycles.